The highest BCUT2D eigenvalue weighted by Gasteiger charge is 2.38. The first-order valence-electron chi connectivity index (χ1n) is 8.57. The van der Waals surface area contributed by atoms with E-state index in [0.29, 0.717) is 6.07 Å². The van der Waals surface area contributed by atoms with Crippen molar-refractivity contribution in [2.75, 3.05) is 7.11 Å². The standard InChI is InChI=1S/C20H17F2NO7S/c1-20(18(23)27,9-16(24)25)31-19(28)30-15-6-3-10(7-13(15)17(26)29-2)12-5-4-11(21)8-14(12)22/h3-8H,9H2,1-2H3,(H2,23,27)(H,24,25). The lowest BCUT2D eigenvalue weighted by molar-refractivity contribution is -0.139. The Bertz CT molecular complexity index is 1060. The number of amides is 1. The zero-order chi connectivity index (χ0) is 23.3. The van der Waals surface area contributed by atoms with Crippen LogP contribution < -0.4 is 10.5 Å². The van der Waals surface area contributed by atoms with E-state index < -0.39 is 45.9 Å². The number of ether oxygens (including phenoxy) is 2. The van der Waals surface area contributed by atoms with Crippen LogP contribution >= 0.6 is 11.8 Å². The molecule has 31 heavy (non-hydrogen) atoms. The van der Waals surface area contributed by atoms with Crippen molar-refractivity contribution in [1.82, 2.24) is 0 Å². The molecular weight excluding hydrogens is 436 g/mol. The van der Waals surface area contributed by atoms with Crippen LogP contribution in [-0.4, -0.2) is 40.1 Å². The number of primary amides is 1. The van der Waals surface area contributed by atoms with E-state index >= 15 is 0 Å². The highest BCUT2D eigenvalue weighted by atomic mass is 32.2. The van der Waals surface area contributed by atoms with Gasteiger partial charge in [-0.1, -0.05) is 6.07 Å². The van der Waals surface area contributed by atoms with Crippen molar-refractivity contribution in [3.8, 4) is 16.9 Å². The fourth-order valence-electron chi connectivity index (χ4n) is 2.54. The molecule has 0 bridgehead atoms. The van der Waals surface area contributed by atoms with Gasteiger partial charge in [-0.05, 0) is 48.5 Å². The first-order valence-corrected chi connectivity index (χ1v) is 9.39. The smallest absolute Gasteiger partial charge is 0.373 e. The summed E-state index contributed by atoms with van der Waals surface area (Å²) in [6.07, 6.45) is -0.741. The van der Waals surface area contributed by atoms with Gasteiger partial charge in [-0.15, -0.1) is 0 Å². The number of nitrogens with two attached hydrogens (primary N) is 1. The lowest BCUT2D eigenvalue weighted by Gasteiger charge is -2.22. The first-order chi connectivity index (χ1) is 14.5. The molecule has 164 valence electrons. The van der Waals surface area contributed by atoms with E-state index in [1.54, 1.807) is 0 Å². The molecule has 0 spiro atoms. The molecule has 0 saturated heterocycles. The van der Waals surface area contributed by atoms with Gasteiger partial charge in [0.15, 0.2) is 0 Å². The molecule has 2 aromatic carbocycles. The quantitative estimate of drug-likeness (QED) is 0.610. The summed E-state index contributed by atoms with van der Waals surface area (Å²) in [5.74, 6) is -5.26. The van der Waals surface area contributed by atoms with Gasteiger partial charge in [0.05, 0.1) is 13.5 Å². The molecule has 2 rings (SSSR count). The summed E-state index contributed by atoms with van der Waals surface area (Å²) in [5.41, 5.74) is 5.12. The van der Waals surface area contributed by atoms with E-state index in [1.807, 2.05) is 0 Å². The predicted molar refractivity (Wildman–Crippen MR) is 107 cm³/mol. The highest BCUT2D eigenvalue weighted by molar-refractivity contribution is 8.15. The Morgan fingerprint density at radius 3 is 2.35 bits per heavy atom. The Morgan fingerprint density at radius 2 is 1.81 bits per heavy atom. The van der Waals surface area contributed by atoms with Gasteiger partial charge in [-0.25, -0.2) is 18.4 Å². The molecule has 0 aromatic heterocycles. The summed E-state index contributed by atoms with van der Waals surface area (Å²) in [5, 5.41) is 7.84. The number of esters is 1. The van der Waals surface area contributed by atoms with E-state index in [0.717, 1.165) is 20.1 Å². The molecule has 1 atom stereocenters. The average Bonchev–Trinajstić information content (AvgIpc) is 2.67. The predicted octanol–water partition coefficient (Wildman–Crippen LogP) is 3.37. The molecule has 0 aliphatic rings. The Labute approximate surface area is 179 Å². The maximum Gasteiger partial charge on any atom is 0.373 e. The third-order valence-electron chi connectivity index (χ3n) is 4.14. The molecule has 0 heterocycles. The highest BCUT2D eigenvalue weighted by Crippen LogP contribution is 2.34. The van der Waals surface area contributed by atoms with Gasteiger partial charge in [-0.3, -0.25) is 9.59 Å². The van der Waals surface area contributed by atoms with Gasteiger partial charge in [-0.2, -0.15) is 0 Å². The molecule has 0 saturated carbocycles. The van der Waals surface area contributed by atoms with E-state index in [4.69, 9.17) is 15.6 Å². The third kappa shape index (κ3) is 5.79. The summed E-state index contributed by atoms with van der Waals surface area (Å²) in [6.45, 7) is 1.16. The van der Waals surface area contributed by atoms with Gasteiger partial charge in [0.25, 0.3) is 0 Å². The number of thioether (sulfide) groups is 1. The van der Waals surface area contributed by atoms with Gasteiger partial charge in [0.2, 0.25) is 5.91 Å². The molecule has 11 heteroatoms. The summed E-state index contributed by atoms with van der Waals surface area (Å²) in [7, 11) is 1.07. The minimum Gasteiger partial charge on any atom is -0.481 e. The van der Waals surface area contributed by atoms with Gasteiger partial charge >= 0.3 is 17.2 Å². The van der Waals surface area contributed by atoms with E-state index in [-0.39, 0.29) is 34.2 Å². The summed E-state index contributed by atoms with van der Waals surface area (Å²) >= 11 is 0.241. The fraction of sp³-hybridized carbons (Fsp3) is 0.200. The second-order valence-corrected chi connectivity index (χ2v) is 7.88. The molecular formula is C20H17F2NO7S. The van der Waals surface area contributed by atoms with Crippen molar-refractivity contribution in [3.63, 3.8) is 0 Å². The van der Waals surface area contributed by atoms with Gasteiger partial charge < -0.3 is 20.3 Å². The molecule has 0 aliphatic carbocycles. The number of methoxy groups -OCH3 is 1. The lowest BCUT2D eigenvalue weighted by Crippen LogP contribution is -2.41. The number of hydrogen-bond acceptors (Lipinski definition) is 7. The van der Waals surface area contributed by atoms with Crippen LogP contribution in [0.2, 0.25) is 0 Å². The molecule has 3 N–H and O–H groups in total. The van der Waals surface area contributed by atoms with Crippen LogP contribution in [-0.2, 0) is 14.3 Å². The molecule has 0 fully saturated rings. The summed E-state index contributed by atoms with van der Waals surface area (Å²) in [4.78, 5) is 47.1. The first kappa shape index (κ1) is 23.8. The van der Waals surface area contributed by atoms with Crippen molar-refractivity contribution >= 4 is 34.9 Å². The number of carboxylic acid groups (broad SMARTS) is 1. The fourth-order valence-corrected chi connectivity index (χ4v) is 3.33. The summed E-state index contributed by atoms with van der Waals surface area (Å²) in [6, 6.07) is 6.56. The van der Waals surface area contributed by atoms with Crippen molar-refractivity contribution in [2.24, 2.45) is 5.73 Å². The minimum atomic E-state index is -1.80. The number of rotatable bonds is 7. The van der Waals surface area contributed by atoms with Crippen LogP contribution in [0.5, 0.6) is 5.75 Å². The molecule has 1 unspecified atom stereocenters. The zero-order valence-corrected chi connectivity index (χ0v) is 17.1. The topological polar surface area (TPSA) is 133 Å². The van der Waals surface area contributed by atoms with Crippen LogP contribution in [0.15, 0.2) is 36.4 Å². The third-order valence-corrected chi connectivity index (χ3v) is 5.18. The number of hydrogen-bond donors (Lipinski definition) is 2. The SMILES string of the molecule is COC(=O)c1cc(-c2ccc(F)cc2F)ccc1OC(=O)SC(C)(CC(=O)O)C(N)=O. The van der Waals surface area contributed by atoms with Crippen molar-refractivity contribution in [2.45, 2.75) is 18.1 Å². The Hall–Kier alpha value is -3.47. The van der Waals surface area contributed by atoms with Gasteiger partial charge in [0, 0.05) is 11.6 Å². The van der Waals surface area contributed by atoms with E-state index in [1.165, 1.54) is 24.3 Å². The monoisotopic (exact) mass is 453 g/mol. The Balaban J connectivity index is 2.37. The molecule has 2 aromatic rings. The van der Waals surface area contributed by atoms with Crippen molar-refractivity contribution in [3.05, 3.63) is 53.6 Å². The molecule has 1 amide bonds. The Morgan fingerprint density at radius 1 is 1.13 bits per heavy atom. The number of carbonyl (C=O) groups is 4. The van der Waals surface area contributed by atoms with Crippen LogP contribution in [0.25, 0.3) is 11.1 Å². The van der Waals surface area contributed by atoms with Crippen molar-refractivity contribution in [1.29, 1.82) is 0 Å². The van der Waals surface area contributed by atoms with Crippen molar-refractivity contribution < 1.29 is 42.5 Å². The second kappa shape index (κ2) is 9.56. The van der Waals surface area contributed by atoms with Crippen LogP contribution in [0.1, 0.15) is 23.7 Å². The maximum atomic E-state index is 14.1. The lowest BCUT2D eigenvalue weighted by atomic mass is 10.0. The minimum absolute atomic E-state index is 0.0124. The number of carbonyl (C=O) groups excluding carboxylic acids is 3. The average molecular weight is 453 g/mol. The summed E-state index contributed by atoms with van der Waals surface area (Å²) < 4.78 is 35.2. The molecule has 0 aliphatic heterocycles. The normalized spacial score (nSPS) is 12.5. The maximum absolute atomic E-state index is 14.1. The largest absolute Gasteiger partial charge is 0.481 e. The van der Waals surface area contributed by atoms with E-state index in [2.05, 4.69) is 4.74 Å². The van der Waals surface area contributed by atoms with E-state index in [9.17, 15) is 28.0 Å². The van der Waals surface area contributed by atoms with Crippen LogP contribution in [0.4, 0.5) is 13.6 Å². The zero-order valence-electron chi connectivity index (χ0n) is 16.3. The second-order valence-electron chi connectivity index (χ2n) is 6.45. The molecule has 0 radical (unpaired) electrons. The molecule has 8 nitrogen and oxygen atoms in total. The number of carboxylic acids is 1. The number of halogens is 2. The van der Waals surface area contributed by atoms with Crippen LogP contribution in [0, 0.1) is 11.6 Å². The van der Waals surface area contributed by atoms with Gasteiger partial charge in [0.1, 0.15) is 27.7 Å². The Kier molecular flexibility index (Phi) is 7.34. The number of aliphatic carboxylic acids is 1. The van der Waals surface area contributed by atoms with Crippen LogP contribution in [0.3, 0.4) is 0 Å². The number of benzene rings is 2.